The normalized spacial score (nSPS) is 15.8. The quantitative estimate of drug-likeness (QED) is 0.622. The lowest BCUT2D eigenvalue weighted by molar-refractivity contribution is 0.657. The van der Waals surface area contributed by atoms with E-state index in [1.165, 1.54) is 24.1 Å². The van der Waals surface area contributed by atoms with Gasteiger partial charge in [0.2, 0.25) is 0 Å². The van der Waals surface area contributed by atoms with Crippen molar-refractivity contribution in [3.63, 3.8) is 0 Å². The Balaban J connectivity index is 2.36. The molecule has 1 aliphatic rings. The molecule has 0 N–H and O–H groups in total. The van der Waals surface area contributed by atoms with Crippen LogP contribution in [0.25, 0.3) is 0 Å². The maximum atomic E-state index is 5.64. The van der Waals surface area contributed by atoms with Crippen LogP contribution in [-0.2, 0) is 18.7 Å². The molecule has 0 aliphatic heterocycles. The summed E-state index contributed by atoms with van der Waals surface area (Å²) in [6.07, 6.45) is 6.70. The molecule has 2 nitrogen and oxygen atoms in total. The molecular formula is C9H11ClN2. The van der Waals surface area contributed by atoms with E-state index in [0.717, 1.165) is 18.7 Å². The van der Waals surface area contributed by atoms with E-state index in [2.05, 4.69) is 9.97 Å². The number of rotatable bonds is 1. The van der Waals surface area contributed by atoms with Crippen molar-refractivity contribution in [3.8, 4) is 0 Å². The van der Waals surface area contributed by atoms with Gasteiger partial charge in [-0.1, -0.05) is 0 Å². The van der Waals surface area contributed by atoms with Gasteiger partial charge in [-0.25, -0.2) is 9.97 Å². The van der Waals surface area contributed by atoms with Crippen LogP contribution in [-0.4, -0.2) is 9.97 Å². The summed E-state index contributed by atoms with van der Waals surface area (Å²) in [6, 6.07) is 0. The van der Waals surface area contributed by atoms with Crippen LogP contribution in [0.4, 0.5) is 0 Å². The van der Waals surface area contributed by atoms with Crippen LogP contribution in [0.1, 0.15) is 29.9 Å². The van der Waals surface area contributed by atoms with Crippen molar-refractivity contribution < 1.29 is 0 Å². The number of hydrogen-bond acceptors (Lipinski definition) is 2. The van der Waals surface area contributed by atoms with Crippen molar-refractivity contribution in [3.05, 3.63) is 23.3 Å². The molecule has 0 amide bonds. The third-order valence-corrected chi connectivity index (χ3v) is 2.47. The molecule has 0 saturated heterocycles. The number of aryl methyl sites for hydroxylation is 2. The molecule has 1 aromatic rings. The SMILES string of the molecule is ClCc1ncc2c(n1)CCCC2. The molecule has 1 heterocycles. The van der Waals surface area contributed by atoms with E-state index in [0.29, 0.717) is 5.88 Å². The molecule has 0 aromatic carbocycles. The number of hydrogen-bond donors (Lipinski definition) is 0. The minimum Gasteiger partial charge on any atom is -0.240 e. The highest BCUT2D eigenvalue weighted by molar-refractivity contribution is 6.16. The third kappa shape index (κ3) is 1.44. The Morgan fingerprint density at radius 3 is 3.00 bits per heavy atom. The molecule has 0 spiro atoms. The van der Waals surface area contributed by atoms with Gasteiger partial charge in [-0.05, 0) is 31.2 Å². The zero-order valence-electron chi connectivity index (χ0n) is 6.89. The Bertz CT molecular complexity index is 286. The highest BCUT2D eigenvalue weighted by Gasteiger charge is 2.10. The van der Waals surface area contributed by atoms with Crippen molar-refractivity contribution in [2.24, 2.45) is 0 Å². The Kier molecular flexibility index (Phi) is 2.26. The van der Waals surface area contributed by atoms with Gasteiger partial charge < -0.3 is 0 Å². The molecular weight excluding hydrogens is 172 g/mol. The topological polar surface area (TPSA) is 25.8 Å². The minimum atomic E-state index is 0.424. The van der Waals surface area contributed by atoms with Gasteiger partial charge in [0.25, 0.3) is 0 Å². The summed E-state index contributed by atoms with van der Waals surface area (Å²) in [5, 5.41) is 0. The maximum Gasteiger partial charge on any atom is 0.143 e. The third-order valence-electron chi connectivity index (χ3n) is 2.23. The molecule has 12 heavy (non-hydrogen) atoms. The Morgan fingerprint density at radius 2 is 2.17 bits per heavy atom. The van der Waals surface area contributed by atoms with Gasteiger partial charge in [0, 0.05) is 11.9 Å². The van der Waals surface area contributed by atoms with Crippen LogP contribution in [0.15, 0.2) is 6.20 Å². The van der Waals surface area contributed by atoms with Gasteiger partial charge in [0.1, 0.15) is 5.82 Å². The zero-order valence-corrected chi connectivity index (χ0v) is 7.64. The molecule has 1 aromatic heterocycles. The van der Waals surface area contributed by atoms with E-state index in [1.54, 1.807) is 0 Å². The van der Waals surface area contributed by atoms with Gasteiger partial charge in [-0.3, -0.25) is 0 Å². The fourth-order valence-electron chi connectivity index (χ4n) is 1.58. The van der Waals surface area contributed by atoms with E-state index in [-0.39, 0.29) is 0 Å². The number of halogens is 1. The van der Waals surface area contributed by atoms with E-state index in [4.69, 9.17) is 11.6 Å². The Morgan fingerprint density at radius 1 is 1.33 bits per heavy atom. The average Bonchev–Trinajstić information content (AvgIpc) is 2.17. The van der Waals surface area contributed by atoms with Crippen LogP contribution < -0.4 is 0 Å². The molecule has 0 fully saturated rings. The highest BCUT2D eigenvalue weighted by atomic mass is 35.5. The minimum absolute atomic E-state index is 0.424. The van der Waals surface area contributed by atoms with Crippen molar-refractivity contribution >= 4 is 11.6 Å². The number of fused-ring (bicyclic) bond motifs is 1. The standard InChI is InChI=1S/C9H11ClN2/c10-5-9-11-6-7-3-1-2-4-8(7)12-9/h6H,1-5H2. The van der Waals surface area contributed by atoms with Crippen LogP contribution >= 0.6 is 11.6 Å². The van der Waals surface area contributed by atoms with E-state index in [9.17, 15) is 0 Å². The van der Waals surface area contributed by atoms with Crippen LogP contribution in [0, 0.1) is 0 Å². The summed E-state index contributed by atoms with van der Waals surface area (Å²) in [5.74, 6) is 1.19. The predicted octanol–water partition coefficient (Wildman–Crippen LogP) is 2.09. The molecule has 0 bridgehead atoms. The maximum absolute atomic E-state index is 5.64. The first-order valence-electron chi connectivity index (χ1n) is 4.30. The van der Waals surface area contributed by atoms with Crippen molar-refractivity contribution in [2.45, 2.75) is 31.6 Å². The summed E-state index contributed by atoms with van der Waals surface area (Å²) in [7, 11) is 0. The van der Waals surface area contributed by atoms with Gasteiger partial charge in [0.15, 0.2) is 0 Å². The first-order chi connectivity index (χ1) is 5.90. The lowest BCUT2D eigenvalue weighted by Gasteiger charge is -2.13. The smallest absolute Gasteiger partial charge is 0.143 e. The average molecular weight is 183 g/mol. The number of alkyl halides is 1. The molecule has 1 aliphatic carbocycles. The van der Waals surface area contributed by atoms with Gasteiger partial charge >= 0.3 is 0 Å². The number of aromatic nitrogens is 2. The zero-order chi connectivity index (χ0) is 8.39. The summed E-state index contributed by atoms with van der Waals surface area (Å²) < 4.78 is 0. The molecule has 3 heteroatoms. The molecule has 0 saturated carbocycles. The van der Waals surface area contributed by atoms with Crippen LogP contribution in [0.3, 0.4) is 0 Å². The summed E-state index contributed by atoms with van der Waals surface area (Å²) in [4.78, 5) is 8.56. The van der Waals surface area contributed by atoms with Gasteiger partial charge in [-0.2, -0.15) is 0 Å². The summed E-state index contributed by atoms with van der Waals surface area (Å²) >= 11 is 5.64. The monoisotopic (exact) mass is 182 g/mol. The molecule has 0 unspecified atom stereocenters. The Hall–Kier alpha value is -0.630. The lowest BCUT2D eigenvalue weighted by atomic mass is 9.98. The first kappa shape index (κ1) is 7.99. The van der Waals surface area contributed by atoms with Crippen molar-refractivity contribution in [2.75, 3.05) is 0 Å². The van der Waals surface area contributed by atoms with E-state index < -0.39 is 0 Å². The van der Waals surface area contributed by atoms with Gasteiger partial charge in [-0.15, -0.1) is 11.6 Å². The Labute approximate surface area is 77.0 Å². The second-order valence-electron chi connectivity index (χ2n) is 3.10. The highest BCUT2D eigenvalue weighted by Crippen LogP contribution is 2.18. The largest absolute Gasteiger partial charge is 0.240 e. The summed E-state index contributed by atoms with van der Waals surface area (Å²) in [5.41, 5.74) is 2.53. The second-order valence-corrected chi connectivity index (χ2v) is 3.37. The second kappa shape index (κ2) is 3.40. The fourth-order valence-corrected chi connectivity index (χ4v) is 1.71. The molecule has 0 radical (unpaired) electrons. The van der Waals surface area contributed by atoms with E-state index in [1.807, 2.05) is 6.20 Å². The lowest BCUT2D eigenvalue weighted by Crippen LogP contribution is -2.08. The van der Waals surface area contributed by atoms with Crippen LogP contribution in [0.2, 0.25) is 0 Å². The van der Waals surface area contributed by atoms with Crippen molar-refractivity contribution in [1.82, 2.24) is 9.97 Å². The summed E-state index contributed by atoms with van der Waals surface area (Å²) in [6.45, 7) is 0. The number of nitrogens with zero attached hydrogens (tertiary/aromatic N) is 2. The molecule has 2 rings (SSSR count). The van der Waals surface area contributed by atoms with Crippen LogP contribution in [0.5, 0.6) is 0 Å². The molecule has 0 atom stereocenters. The van der Waals surface area contributed by atoms with Crippen molar-refractivity contribution in [1.29, 1.82) is 0 Å². The molecule has 64 valence electrons. The predicted molar refractivity (Wildman–Crippen MR) is 48.2 cm³/mol. The van der Waals surface area contributed by atoms with E-state index >= 15 is 0 Å². The first-order valence-corrected chi connectivity index (χ1v) is 4.83. The van der Waals surface area contributed by atoms with Gasteiger partial charge in [0.05, 0.1) is 5.88 Å². The fraction of sp³-hybridized carbons (Fsp3) is 0.556.